The van der Waals surface area contributed by atoms with Gasteiger partial charge in [-0.2, -0.15) is 0 Å². The summed E-state index contributed by atoms with van der Waals surface area (Å²) in [5.74, 6) is -1.56. The number of methoxy groups -OCH3 is 1. The molecule has 0 spiro atoms. The molecular weight excluding hydrogens is 426 g/mol. The van der Waals surface area contributed by atoms with Crippen molar-refractivity contribution in [2.24, 2.45) is 0 Å². The van der Waals surface area contributed by atoms with E-state index < -0.39 is 17.7 Å². The van der Waals surface area contributed by atoms with E-state index in [-0.39, 0.29) is 22.6 Å². The number of hydrogen-bond donors (Lipinski definition) is 1. The summed E-state index contributed by atoms with van der Waals surface area (Å²) in [7, 11) is 1.44. The number of nitrogens with zero attached hydrogens (tertiary/aromatic N) is 1. The summed E-state index contributed by atoms with van der Waals surface area (Å²) < 4.78 is 5.40. The largest absolute Gasteiger partial charge is 0.507 e. The van der Waals surface area contributed by atoms with Crippen molar-refractivity contribution in [1.29, 1.82) is 0 Å². The van der Waals surface area contributed by atoms with Crippen molar-refractivity contribution in [3.63, 3.8) is 0 Å². The maximum atomic E-state index is 13.2. The van der Waals surface area contributed by atoms with Crippen LogP contribution in [-0.4, -0.2) is 23.9 Å². The maximum Gasteiger partial charge on any atom is 0.300 e. The first-order valence-corrected chi connectivity index (χ1v) is 10.5. The van der Waals surface area contributed by atoms with Crippen molar-refractivity contribution in [3.8, 4) is 5.75 Å². The zero-order valence-corrected chi connectivity index (χ0v) is 18.7. The first-order chi connectivity index (χ1) is 15.3. The Bertz CT molecular complexity index is 1230. The zero-order chi connectivity index (χ0) is 23.0. The van der Waals surface area contributed by atoms with Crippen LogP contribution in [0.1, 0.15) is 28.3 Å². The van der Waals surface area contributed by atoms with E-state index in [2.05, 4.69) is 0 Å². The Hall–Kier alpha value is -3.57. The van der Waals surface area contributed by atoms with Crippen molar-refractivity contribution >= 4 is 34.7 Å². The summed E-state index contributed by atoms with van der Waals surface area (Å²) in [5, 5.41) is 11.7. The van der Waals surface area contributed by atoms with E-state index in [0.717, 1.165) is 11.1 Å². The molecule has 1 saturated heterocycles. The highest BCUT2D eigenvalue weighted by molar-refractivity contribution is 6.51. The molecule has 1 aliphatic heterocycles. The molecule has 0 aliphatic carbocycles. The molecule has 1 aliphatic rings. The van der Waals surface area contributed by atoms with E-state index in [4.69, 9.17) is 16.3 Å². The summed E-state index contributed by atoms with van der Waals surface area (Å²) in [6, 6.07) is 19.1. The van der Waals surface area contributed by atoms with Gasteiger partial charge in [-0.05, 0) is 49.2 Å². The van der Waals surface area contributed by atoms with Gasteiger partial charge in [0.15, 0.2) is 0 Å². The van der Waals surface area contributed by atoms with Gasteiger partial charge >= 0.3 is 0 Å². The van der Waals surface area contributed by atoms with E-state index in [1.807, 2.05) is 56.3 Å². The summed E-state index contributed by atoms with van der Waals surface area (Å²) >= 11 is 6.32. The van der Waals surface area contributed by atoms with E-state index in [1.54, 1.807) is 24.3 Å². The predicted octanol–water partition coefficient (Wildman–Crippen LogP) is 5.59. The topological polar surface area (TPSA) is 66.8 Å². The number of carbonyl (C=O) groups excluding carboxylic acids is 2. The Morgan fingerprint density at radius 3 is 2.25 bits per heavy atom. The molecule has 0 saturated carbocycles. The second-order valence-electron chi connectivity index (χ2n) is 7.74. The number of rotatable bonds is 4. The lowest BCUT2D eigenvalue weighted by Crippen LogP contribution is -2.29. The Morgan fingerprint density at radius 1 is 0.969 bits per heavy atom. The zero-order valence-electron chi connectivity index (χ0n) is 17.9. The van der Waals surface area contributed by atoms with E-state index >= 15 is 0 Å². The van der Waals surface area contributed by atoms with Crippen LogP contribution in [0.5, 0.6) is 5.75 Å². The Kier molecular flexibility index (Phi) is 5.76. The number of Topliss-reactive ketones (excluding diaryl/α,β-unsaturated/α-hetero) is 1. The first kappa shape index (κ1) is 21.7. The predicted molar refractivity (Wildman–Crippen MR) is 125 cm³/mol. The molecule has 0 aromatic heterocycles. The van der Waals surface area contributed by atoms with Crippen LogP contribution in [0, 0.1) is 13.8 Å². The Morgan fingerprint density at radius 2 is 1.62 bits per heavy atom. The highest BCUT2D eigenvalue weighted by Gasteiger charge is 2.47. The van der Waals surface area contributed by atoms with Crippen LogP contribution < -0.4 is 9.64 Å². The summed E-state index contributed by atoms with van der Waals surface area (Å²) in [4.78, 5) is 27.8. The van der Waals surface area contributed by atoms with E-state index in [0.29, 0.717) is 16.3 Å². The number of carbonyl (C=O) groups is 2. The molecule has 6 heteroatoms. The fourth-order valence-electron chi connectivity index (χ4n) is 4.01. The number of aliphatic hydroxyl groups is 1. The van der Waals surface area contributed by atoms with Crippen LogP contribution in [0.2, 0.25) is 5.02 Å². The van der Waals surface area contributed by atoms with E-state index in [9.17, 15) is 14.7 Å². The second kappa shape index (κ2) is 8.52. The van der Waals surface area contributed by atoms with Crippen molar-refractivity contribution in [2.75, 3.05) is 12.0 Å². The van der Waals surface area contributed by atoms with Crippen LogP contribution in [0.4, 0.5) is 5.69 Å². The lowest BCUT2D eigenvalue weighted by atomic mass is 9.94. The standard InChI is InChI=1S/C26H22ClNO4/c1-15-9-11-18(12-10-15)28-22(17-7-5-4-6-8-17)21(24(30)26(28)31)23(29)19-13-16(2)14-20(27)25(19)32-3/h4-14,22,29H,1-3H3/b23-21+. The molecule has 1 fully saturated rings. The fraction of sp³-hybridized carbons (Fsp3) is 0.154. The van der Waals surface area contributed by atoms with Crippen LogP contribution >= 0.6 is 11.6 Å². The minimum Gasteiger partial charge on any atom is -0.507 e. The number of benzene rings is 3. The number of ketones is 1. The second-order valence-corrected chi connectivity index (χ2v) is 8.15. The van der Waals surface area contributed by atoms with Crippen LogP contribution in [-0.2, 0) is 9.59 Å². The highest BCUT2D eigenvalue weighted by Crippen LogP contribution is 2.44. The molecule has 1 N–H and O–H groups in total. The fourth-order valence-corrected chi connectivity index (χ4v) is 4.36. The third-order valence-electron chi connectivity index (χ3n) is 5.52. The molecule has 5 nitrogen and oxygen atoms in total. The van der Waals surface area contributed by atoms with Gasteiger partial charge in [-0.15, -0.1) is 0 Å². The maximum absolute atomic E-state index is 13.2. The van der Waals surface area contributed by atoms with Crippen molar-refractivity contribution in [3.05, 3.63) is 99.6 Å². The van der Waals surface area contributed by atoms with Gasteiger partial charge in [0, 0.05) is 5.69 Å². The molecule has 1 atom stereocenters. The number of anilines is 1. The quantitative estimate of drug-likeness (QED) is 0.321. The number of hydrogen-bond acceptors (Lipinski definition) is 4. The number of halogens is 1. The number of ether oxygens (including phenoxy) is 1. The molecule has 1 heterocycles. The smallest absolute Gasteiger partial charge is 0.300 e. The summed E-state index contributed by atoms with van der Waals surface area (Å²) in [5.41, 5.74) is 3.33. The minimum absolute atomic E-state index is 0.0123. The van der Waals surface area contributed by atoms with Gasteiger partial charge in [0.2, 0.25) is 0 Å². The lowest BCUT2D eigenvalue weighted by Gasteiger charge is -2.25. The van der Waals surface area contributed by atoms with Gasteiger partial charge in [0.1, 0.15) is 11.5 Å². The molecule has 1 amide bonds. The monoisotopic (exact) mass is 447 g/mol. The normalized spacial score (nSPS) is 17.6. The third kappa shape index (κ3) is 3.65. The van der Waals surface area contributed by atoms with Gasteiger partial charge in [-0.3, -0.25) is 14.5 Å². The first-order valence-electron chi connectivity index (χ1n) is 10.1. The molecule has 0 bridgehead atoms. The van der Waals surface area contributed by atoms with Crippen molar-refractivity contribution in [2.45, 2.75) is 19.9 Å². The Balaban J connectivity index is 1.99. The minimum atomic E-state index is -0.803. The number of aryl methyl sites for hydroxylation is 2. The van der Waals surface area contributed by atoms with Gasteiger partial charge in [-0.1, -0.05) is 59.6 Å². The van der Waals surface area contributed by atoms with Crippen LogP contribution in [0.15, 0.2) is 72.3 Å². The van der Waals surface area contributed by atoms with Crippen LogP contribution in [0.3, 0.4) is 0 Å². The lowest BCUT2D eigenvalue weighted by molar-refractivity contribution is -0.132. The summed E-state index contributed by atoms with van der Waals surface area (Å²) in [6.07, 6.45) is 0. The average Bonchev–Trinajstić information content (AvgIpc) is 3.04. The van der Waals surface area contributed by atoms with Crippen LogP contribution in [0.25, 0.3) is 5.76 Å². The third-order valence-corrected chi connectivity index (χ3v) is 5.80. The number of amides is 1. The Labute approximate surface area is 191 Å². The highest BCUT2D eigenvalue weighted by atomic mass is 35.5. The molecule has 3 aromatic rings. The molecule has 1 unspecified atom stereocenters. The van der Waals surface area contributed by atoms with Gasteiger partial charge in [0.05, 0.1) is 29.3 Å². The average molecular weight is 448 g/mol. The van der Waals surface area contributed by atoms with Gasteiger partial charge in [0.25, 0.3) is 11.7 Å². The SMILES string of the molecule is COc1c(Cl)cc(C)cc1/C(O)=C1\C(=O)C(=O)N(c2ccc(C)cc2)C1c1ccccc1. The molecule has 0 radical (unpaired) electrons. The molecule has 3 aromatic carbocycles. The van der Waals surface area contributed by atoms with Crippen molar-refractivity contribution < 1.29 is 19.4 Å². The molecule has 162 valence electrons. The number of aliphatic hydroxyl groups excluding tert-OH is 1. The molecular formula is C26H22ClNO4. The van der Waals surface area contributed by atoms with Gasteiger partial charge in [-0.25, -0.2) is 0 Å². The van der Waals surface area contributed by atoms with Crippen molar-refractivity contribution in [1.82, 2.24) is 0 Å². The summed E-state index contributed by atoms with van der Waals surface area (Å²) in [6.45, 7) is 3.77. The van der Waals surface area contributed by atoms with Gasteiger partial charge < -0.3 is 9.84 Å². The van der Waals surface area contributed by atoms with E-state index in [1.165, 1.54) is 12.0 Å². The molecule has 4 rings (SSSR count). The molecule has 32 heavy (non-hydrogen) atoms.